The lowest BCUT2D eigenvalue weighted by molar-refractivity contribution is -0.151. The van der Waals surface area contributed by atoms with E-state index in [9.17, 15) is 9.59 Å². The van der Waals surface area contributed by atoms with E-state index in [4.69, 9.17) is 21.1 Å². The smallest absolute Gasteiger partial charge is 0.314 e. The van der Waals surface area contributed by atoms with Crippen molar-refractivity contribution in [1.29, 1.82) is 0 Å². The van der Waals surface area contributed by atoms with Gasteiger partial charge in [0.25, 0.3) is 5.91 Å². The second-order valence-electron chi connectivity index (χ2n) is 6.51. The highest BCUT2D eigenvalue weighted by Crippen LogP contribution is 2.27. The molecule has 5 nitrogen and oxygen atoms in total. The molecule has 0 aliphatic heterocycles. The van der Waals surface area contributed by atoms with Crippen LogP contribution >= 0.6 is 11.6 Å². The van der Waals surface area contributed by atoms with Gasteiger partial charge >= 0.3 is 5.97 Å². The Morgan fingerprint density at radius 2 is 1.67 bits per heavy atom. The Morgan fingerprint density at radius 1 is 1.04 bits per heavy atom. The molecule has 1 amide bonds. The molecule has 0 saturated heterocycles. The van der Waals surface area contributed by atoms with E-state index >= 15 is 0 Å². The molecule has 27 heavy (non-hydrogen) atoms. The third-order valence-corrected chi connectivity index (χ3v) is 4.40. The average Bonchev–Trinajstić information content (AvgIpc) is 2.66. The van der Waals surface area contributed by atoms with Crippen LogP contribution in [0.1, 0.15) is 30.9 Å². The van der Waals surface area contributed by atoms with E-state index in [2.05, 4.69) is 5.32 Å². The Kier molecular flexibility index (Phi) is 7.67. The normalized spacial score (nSPS) is 11.7. The molecule has 2 aromatic carbocycles. The van der Waals surface area contributed by atoms with Gasteiger partial charge < -0.3 is 14.8 Å². The zero-order chi connectivity index (χ0) is 19.8. The van der Waals surface area contributed by atoms with Crippen LogP contribution in [0.15, 0.2) is 48.5 Å². The van der Waals surface area contributed by atoms with Gasteiger partial charge in [0.1, 0.15) is 5.75 Å². The minimum absolute atomic E-state index is 0.0287. The average molecular weight is 390 g/mol. The summed E-state index contributed by atoms with van der Waals surface area (Å²) in [7, 11) is 1.60. The minimum atomic E-state index is -0.448. The van der Waals surface area contributed by atoms with E-state index in [1.807, 2.05) is 38.1 Å². The maximum atomic E-state index is 12.5. The highest BCUT2D eigenvalue weighted by atomic mass is 35.5. The first-order valence-electron chi connectivity index (χ1n) is 8.72. The molecule has 1 atom stereocenters. The summed E-state index contributed by atoms with van der Waals surface area (Å²) in [5.41, 5.74) is 1.75. The lowest BCUT2D eigenvalue weighted by Crippen LogP contribution is -2.30. The van der Waals surface area contributed by atoms with Crippen molar-refractivity contribution in [2.24, 2.45) is 5.92 Å². The van der Waals surface area contributed by atoms with Crippen LogP contribution in [0.3, 0.4) is 0 Å². The Hall–Kier alpha value is -2.53. The second-order valence-corrected chi connectivity index (χ2v) is 6.94. The summed E-state index contributed by atoms with van der Waals surface area (Å²) >= 11 is 5.90. The minimum Gasteiger partial charge on any atom is -0.497 e. The fourth-order valence-electron chi connectivity index (χ4n) is 2.68. The summed E-state index contributed by atoms with van der Waals surface area (Å²) in [4.78, 5) is 24.5. The lowest BCUT2D eigenvalue weighted by atomic mass is 9.88. The summed E-state index contributed by atoms with van der Waals surface area (Å²) in [6.07, 6.45) is 0. The number of esters is 1. The van der Waals surface area contributed by atoms with Gasteiger partial charge in [-0.15, -0.1) is 0 Å². The van der Waals surface area contributed by atoms with Crippen molar-refractivity contribution < 1.29 is 19.1 Å². The molecular weight excluding hydrogens is 366 g/mol. The molecule has 0 bridgehead atoms. The number of benzene rings is 2. The van der Waals surface area contributed by atoms with Gasteiger partial charge in [-0.25, -0.2) is 0 Å². The number of halogens is 1. The fourth-order valence-corrected chi connectivity index (χ4v) is 2.81. The number of nitrogens with one attached hydrogen (secondary N) is 1. The number of carbonyl (C=O) groups excluding carboxylic acids is 2. The molecule has 2 aromatic rings. The van der Waals surface area contributed by atoms with E-state index in [1.165, 1.54) is 0 Å². The third kappa shape index (κ3) is 6.29. The van der Waals surface area contributed by atoms with Gasteiger partial charge in [-0.05, 0) is 41.3 Å². The maximum Gasteiger partial charge on any atom is 0.314 e. The summed E-state index contributed by atoms with van der Waals surface area (Å²) in [5.74, 6) is -0.441. The summed E-state index contributed by atoms with van der Waals surface area (Å²) in [6.45, 7) is 3.91. The van der Waals surface area contributed by atoms with Gasteiger partial charge in [0.15, 0.2) is 6.61 Å². The maximum absolute atomic E-state index is 12.5. The molecule has 0 radical (unpaired) electrons. The number of rotatable bonds is 8. The first-order chi connectivity index (χ1) is 12.9. The van der Waals surface area contributed by atoms with Crippen molar-refractivity contribution in [1.82, 2.24) is 5.32 Å². The summed E-state index contributed by atoms with van der Waals surface area (Å²) in [6, 6.07) is 14.4. The van der Waals surface area contributed by atoms with E-state index in [-0.39, 0.29) is 18.4 Å². The van der Waals surface area contributed by atoms with Gasteiger partial charge in [0, 0.05) is 11.6 Å². The van der Waals surface area contributed by atoms with E-state index in [0.717, 1.165) is 16.9 Å². The Bertz CT molecular complexity index is 757. The topological polar surface area (TPSA) is 64.6 Å². The van der Waals surface area contributed by atoms with Crippen LogP contribution in [0.25, 0.3) is 0 Å². The van der Waals surface area contributed by atoms with Crippen LogP contribution < -0.4 is 10.1 Å². The van der Waals surface area contributed by atoms with Crippen molar-refractivity contribution in [2.45, 2.75) is 26.3 Å². The SMILES string of the molecule is COc1ccc(CNC(=O)COC(=O)[C@H](c2ccc(Cl)cc2)C(C)C)cc1. The fraction of sp³-hybridized carbons (Fsp3) is 0.333. The number of carbonyl (C=O) groups is 2. The number of methoxy groups -OCH3 is 1. The quantitative estimate of drug-likeness (QED) is 0.694. The second kappa shape index (κ2) is 9.97. The molecular formula is C21H24ClNO4. The molecule has 1 N–H and O–H groups in total. The third-order valence-electron chi connectivity index (χ3n) is 4.14. The van der Waals surface area contributed by atoms with Crippen molar-refractivity contribution >= 4 is 23.5 Å². The van der Waals surface area contributed by atoms with Crippen molar-refractivity contribution in [3.8, 4) is 5.75 Å². The molecule has 0 aliphatic carbocycles. The Balaban J connectivity index is 1.86. The van der Waals surface area contributed by atoms with E-state index < -0.39 is 11.9 Å². The molecule has 0 heterocycles. The van der Waals surface area contributed by atoms with Crippen LogP contribution in [-0.2, 0) is 20.9 Å². The van der Waals surface area contributed by atoms with Crippen LogP contribution in [0.5, 0.6) is 5.75 Å². The lowest BCUT2D eigenvalue weighted by Gasteiger charge is -2.20. The number of hydrogen-bond donors (Lipinski definition) is 1. The number of hydrogen-bond acceptors (Lipinski definition) is 4. The molecule has 0 fully saturated rings. The largest absolute Gasteiger partial charge is 0.497 e. The van der Waals surface area contributed by atoms with Gasteiger partial charge in [0.2, 0.25) is 0 Å². The van der Waals surface area contributed by atoms with Crippen molar-refractivity contribution in [3.63, 3.8) is 0 Å². The molecule has 2 rings (SSSR count). The number of amides is 1. The molecule has 6 heteroatoms. The summed E-state index contributed by atoms with van der Waals surface area (Å²) < 4.78 is 10.3. The molecule has 0 unspecified atom stereocenters. The predicted octanol–water partition coefficient (Wildman–Crippen LogP) is 3.95. The Labute approximate surface area is 164 Å². The molecule has 0 saturated carbocycles. The number of ether oxygens (including phenoxy) is 2. The molecule has 0 spiro atoms. The molecule has 0 aliphatic rings. The van der Waals surface area contributed by atoms with Gasteiger partial charge in [-0.2, -0.15) is 0 Å². The Morgan fingerprint density at radius 3 is 2.22 bits per heavy atom. The molecule has 144 valence electrons. The van der Waals surface area contributed by atoms with Crippen molar-refractivity contribution in [3.05, 3.63) is 64.7 Å². The standard InChI is InChI=1S/C21H24ClNO4/c1-14(2)20(16-6-8-17(22)9-7-16)21(25)27-13-19(24)23-12-15-4-10-18(26-3)11-5-15/h4-11,14,20H,12-13H2,1-3H3,(H,23,24)/t20-/m0/s1. The zero-order valence-electron chi connectivity index (χ0n) is 15.7. The van der Waals surface area contributed by atoms with Gasteiger partial charge in [-0.1, -0.05) is 49.7 Å². The highest BCUT2D eigenvalue weighted by Gasteiger charge is 2.26. The van der Waals surface area contributed by atoms with Gasteiger partial charge in [-0.3, -0.25) is 9.59 Å². The van der Waals surface area contributed by atoms with Crippen molar-refractivity contribution in [2.75, 3.05) is 13.7 Å². The van der Waals surface area contributed by atoms with E-state index in [0.29, 0.717) is 11.6 Å². The first kappa shape index (κ1) is 20.8. The first-order valence-corrected chi connectivity index (χ1v) is 9.10. The van der Waals surface area contributed by atoms with Crippen LogP contribution in [-0.4, -0.2) is 25.6 Å². The van der Waals surface area contributed by atoms with Crippen LogP contribution in [0.4, 0.5) is 0 Å². The zero-order valence-corrected chi connectivity index (χ0v) is 16.5. The van der Waals surface area contributed by atoms with Crippen LogP contribution in [0, 0.1) is 5.92 Å². The van der Waals surface area contributed by atoms with E-state index in [1.54, 1.807) is 31.4 Å². The van der Waals surface area contributed by atoms with Gasteiger partial charge in [0.05, 0.1) is 13.0 Å². The summed E-state index contributed by atoms with van der Waals surface area (Å²) in [5, 5.41) is 3.34. The molecule has 0 aromatic heterocycles. The predicted molar refractivity (Wildman–Crippen MR) is 105 cm³/mol. The highest BCUT2D eigenvalue weighted by molar-refractivity contribution is 6.30. The monoisotopic (exact) mass is 389 g/mol. The van der Waals surface area contributed by atoms with Crippen LogP contribution in [0.2, 0.25) is 5.02 Å².